The van der Waals surface area contributed by atoms with E-state index in [0.29, 0.717) is 44.7 Å². The summed E-state index contributed by atoms with van der Waals surface area (Å²) in [5, 5.41) is 17.7. The molecule has 1 aromatic heterocycles. The zero-order valence-corrected chi connectivity index (χ0v) is 24.8. The number of ether oxygens (including phenoxy) is 1. The molecule has 1 aliphatic heterocycles. The summed E-state index contributed by atoms with van der Waals surface area (Å²) in [6, 6.07) is 16.3. The Labute approximate surface area is 258 Å². The highest BCUT2D eigenvalue weighted by molar-refractivity contribution is 7.19. The second kappa shape index (κ2) is 11.1. The molecule has 228 valence electrons. The molecule has 3 N–H and O–H groups in total. The minimum Gasteiger partial charge on any atom is -0.406 e. The van der Waals surface area contributed by atoms with Gasteiger partial charge < -0.3 is 25.4 Å². The van der Waals surface area contributed by atoms with Gasteiger partial charge in [0.1, 0.15) is 16.9 Å². The van der Waals surface area contributed by atoms with E-state index in [1.54, 1.807) is 36.4 Å². The number of aromatic nitrogens is 1. The van der Waals surface area contributed by atoms with E-state index in [1.165, 1.54) is 29.5 Å². The first-order valence-corrected chi connectivity index (χ1v) is 14.6. The van der Waals surface area contributed by atoms with Crippen molar-refractivity contribution in [1.29, 1.82) is 0 Å². The van der Waals surface area contributed by atoms with Gasteiger partial charge in [0.2, 0.25) is 0 Å². The lowest BCUT2D eigenvalue weighted by atomic mass is 9.78. The van der Waals surface area contributed by atoms with E-state index >= 15 is 4.39 Å². The van der Waals surface area contributed by atoms with Gasteiger partial charge in [-0.1, -0.05) is 37.6 Å². The van der Waals surface area contributed by atoms with Crippen molar-refractivity contribution in [2.45, 2.75) is 32.5 Å². The number of nitrogens with zero attached hydrogens (tertiary/aromatic N) is 2. The van der Waals surface area contributed by atoms with Gasteiger partial charge in [0.05, 0.1) is 27.3 Å². The summed E-state index contributed by atoms with van der Waals surface area (Å²) in [6.07, 6.45) is -6.58. The second-order valence-electron chi connectivity index (χ2n) is 11.0. The van der Waals surface area contributed by atoms with Gasteiger partial charge in [-0.25, -0.2) is 14.2 Å². The SMILES string of the molecule is CC1(C)CN(c2ccccc2NC(=O)Nc2ccc(OC(F)(F)F)cc2)C2=C1C(c1nc3cc(Cl)ccc3s1)=CC(F)C2O. The molecule has 0 fully saturated rings. The Morgan fingerprint density at radius 1 is 1.11 bits per heavy atom. The highest BCUT2D eigenvalue weighted by Crippen LogP contribution is 2.52. The van der Waals surface area contributed by atoms with E-state index in [1.807, 2.05) is 24.8 Å². The van der Waals surface area contributed by atoms with Crippen LogP contribution in [0.4, 0.5) is 39.4 Å². The number of para-hydroxylation sites is 2. The molecule has 2 amide bonds. The number of alkyl halides is 4. The summed E-state index contributed by atoms with van der Waals surface area (Å²) in [4.78, 5) is 19.5. The van der Waals surface area contributed by atoms with E-state index in [9.17, 15) is 23.1 Å². The molecular formula is C31H25ClF4N4O3S. The normalized spacial score (nSPS) is 19.5. The molecule has 4 aromatic rings. The van der Waals surface area contributed by atoms with Crippen LogP contribution in [0, 0.1) is 5.41 Å². The molecule has 0 saturated carbocycles. The number of anilines is 3. The Kier molecular flexibility index (Phi) is 7.55. The summed E-state index contributed by atoms with van der Waals surface area (Å²) < 4.78 is 57.7. The van der Waals surface area contributed by atoms with Crippen molar-refractivity contribution in [1.82, 2.24) is 4.98 Å². The van der Waals surface area contributed by atoms with Gasteiger partial charge >= 0.3 is 12.4 Å². The maximum Gasteiger partial charge on any atom is 0.573 e. The van der Waals surface area contributed by atoms with Crippen LogP contribution < -0.4 is 20.3 Å². The number of benzene rings is 3. The number of aliphatic hydroxyl groups excluding tert-OH is 1. The molecule has 0 bridgehead atoms. The average Bonchev–Trinajstić information content (AvgIpc) is 3.49. The van der Waals surface area contributed by atoms with Crippen LogP contribution >= 0.6 is 22.9 Å². The molecule has 2 aliphatic rings. The van der Waals surface area contributed by atoms with Crippen LogP contribution in [0.25, 0.3) is 15.8 Å². The van der Waals surface area contributed by atoms with Crippen LogP contribution in [-0.4, -0.2) is 41.3 Å². The van der Waals surface area contributed by atoms with E-state index < -0.39 is 35.8 Å². The fourth-order valence-corrected chi connectivity index (χ4v) is 6.73. The summed E-state index contributed by atoms with van der Waals surface area (Å²) in [6.45, 7) is 4.37. The fraction of sp³-hybridized carbons (Fsp3) is 0.226. The molecular weight excluding hydrogens is 620 g/mol. The van der Waals surface area contributed by atoms with Crippen molar-refractivity contribution in [2.75, 3.05) is 22.1 Å². The monoisotopic (exact) mass is 644 g/mol. The topological polar surface area (TPSA) is 86.7 Å². The number of halogens is 5. The third-order valence-corrected chi connectivity index (χ3v) is 8.63. The van der Waals surface area contributed by atoms with E-state index in [0.717, 1.165) is 22.4 Å². The van der Waals surface area contributed by atoms with Gasteiger partial charge in [0, 0.05) is 28.2 Å². The third-order valence-electron chi connectivity index (χ3n) is 7.32. The van der Waals surface area contributed by atoms with Crippen molar-refractivity contribution in [2.24, 2.45) is 5.41 Å². The average molecular weight is 645 g/mol. The fourth-order valence-electron chi connectivity index (χ4n) is 5.58. The standard InChI is InChI=1S/C31H25ClF4N4O3S/c1-30(2)15-40(26-25(30)19(14-20(33)27(26)41)28-38-22-13-16(32)7-12-24(22)44-28)23-6-4-3-5-21(23)39-29(42)37-17-8-10-18(11-9-17)43-31(34,35)36/h3-14,20,27,41H,15H2,1-2H3,(H2,37,39,42). The summed E-state index contributed by atoms with van der Waals surface area (Å²) in [7, 11) is 0. The lowest BCUT2D eigenvalue weighted by molar-refractivity contribution is -0.274. The van der Waals surface area contributed by atoms with Gasteiger partial charge in [-0.05, 0) is 66.2 Å². The highest BCUT2D eigenvalue weighted by atomic mass is 35.5. The number of nitrogens with one attached hydrogen (secondary N) is 2. The first-order valence-electron chi connectivity index (χ1n) is 13.4. The number of fused-ring (bicyclic) bond motifs is 1. The molecule has 0 saturated heterocycles. The summed E-state index contributed by atoms with van der Waals surface area (Å²) in [5.74, 6) is -0.421. The van der Waals surface area contributed by atoms with E-state index in [-0.39, 0.29) is 5.69 Å². The van der Waals surface area contributed by atoms with Crippen molar-refractivity contribution < 1.29 is 32.2 Å². The Morgan fingerprint density at radius 3 is 2.57 bits per heavy atom. The number of thiazole rings is 1. The maximum atomic E-state index is 15.5. The first-order chi connectivity index (χ1) is 20.8. The molecule has 6 rings (SSSR count). The van der Waals surface area contributed by atoms with Crippen molar-refractivity contribution >= 4 is 61.8 Å². The first kappa shape index (κ1) is 29.9. The molecule has 13 heteroatoms. The number of urea groups is 1. The number of hydrogen-bond acceptors (Lipinski definition) is 6. The van der Waals surface area contributed by atoms with Crippen molar-refractivity contribution in [3.05, 3.63) is 94.1 Å². The van der Waals surface area contributed by atoms with Crippen molar-refractivity contribution in [3.8, 4) is 5.75 Å². The molecule has 2 unspecified atom stereocenters. The number of carbonyl (C=O) groups excluding carboxylic acids is 1. The van der Waals surface area contributed by atoms with E-state index in [4.69, 9.17) is 16.6 Å². The molecule has 2 atom stereocenters. The lowest BCUT2D eigenvalue weighted by Crippen LogP contribution is -2.35. The van der Waals surface area contributed by atoms with E-state index in [2.05, 4.69) is 15.4 Å². The predicted molar refractivity (Wildman–Crippen MR) is 164 cm³/mol. The van der Waals surface area contributed by atoms with Crippen LogP contribution in [0.15, 0.2) is 84.1 Å². The Bertz CT molecular complexity index is 1820. The van der Waals surface area contributed by atoms with Gasteiger partial charge in [0.15, 0.2) is 6.17 Å². The lowest BCUT2D eigenvalue weighted by Gasteiger charge is -2.31. The minimum absolute atomic E-state index is 0.233. The maximum absolute atomic E-state index is 15.5. The van der Waals surface area contributed by atoms with Gasteiger partial charge in [-0.15, -0.1) is 24.5 Å². The number of amides is 2. The van der Waals surface area contributed by atoms with Gasteiger partial charge in [-0.3, -0.25) is 0 Å². The quantitative estimate of drug-likeness (QED) is 0.190. The molecule has 44 heavy (non-hydrogen) atoms. The Hall–Kier alpha value is -4.13. The van der Waals surface area contributed by atoms with Gasteiger partial charge in [0.25, 0.3) is 0 Å². The molecule has 2 heterocycles. The van der Waals surface area contributed by atoms with Crippen LogP contribution in [-0.2, 0) is 0 Å². The molecule has 3 aromatic carbocycles. The van der Waals surface area contributed by atoms with Crippen LogP contribution in [0.1, 0.15) is 18.9 Å². The van der Waals surface area contributed by atoms with Gasteiger partial charge in [-0.2, -0.15) is 0 Å². The molecule has 0 radical (unpaired) electrons. The minimum atomic E-state index is -4.83. The summed E-state index contributed by atoms with van der Waals surface area (Å²) >= 11 is 7.58. The smallest absolute Gasteiger partial charge is 0.406 e. The number of carbonyl (C=O) groups is 1. The Balaban J connectivity index is 1.31. The number of aliphatic hydroxyl groups is 1. The highest BCUT2D eigenvalue weighted by Gasteiger charge is 2.47. The van der Waals surface area contributed by atoms with Crippen LogP contribution in [0.3, 0.4) is 0 Å². The van der Waals surface area contributed by atoms with Crippen molar-refractivity contribution in [3.63, 3.8) is 0 Å². The zero-order valence-electron chi connectivity index (χ0n) is 23.2. The van der Waals surface area contributed by atoms with Crippen LogP contribution in [0.2, 0.25) is 5.02 Å². The third kappa shape index (κ3) is 5.84. The number of hydrogen-bond donors (Lipinski definition) is 3. The summed E-state index contributed by atoms with van der Waals surface area (Å²) in [5.41, 5.74) is 3.01. The number of allylic oxidation sites excluding steroid dienone is 1. The molecule has 7 nitrogen and oxygen atoms in total. The predicted octanol–water partition coefficient (Wildman–Crippen LogP) is 8.39. The molecule has 0 spiro atoms. The molecule has 1 aliphatic carbocycles. The second-order valence-corrected chi connectivity index (χ2v) is 12.5. The largest absolute Gasteiger partial charge is 0.573 e. The van der Waals surface area contributed by atoms with Crippen LogP contribution in [0.5, 0.6) is 5.75 Å². The Morgan fingerprint density at radius 2 is 1.84 bits per heavy atom. The number of rotatable bonds is 5. The zero-order chi connectivity index (χ0) is 31.4.